The predicted octanol–water partition coefficient (Wildman–Crippen LogP) is 1.67. The topological polar surface area (TPSA) is 77.2 Å². The molecule has 6 nitrogen and oxygen atoms in total. The van der Waals surface area contributed by atoms with Gasteiger partial charge in [0.05, 0.1) is 11.9 Å². The Kier molecular flexibility index (Phi) is 2.55. The summed E-state index contributed by atoms with van der Waals surface area (Å²) >= 11 is 0. The Hall–Kier alpha value is -2.37. The quantitative estimate of drug-likeness (QED) is 0.715. The second kappa shape index (κ2) is 4.01. The molecule has 2 aromatic rings. The second-order valence-corrected chi connectivity index (χ2v) is 3.25. The summed E-state index contributed by atoms with van der Waals surface area (Å²) in [6.45, 7) is 1.74. The first kappa shape index (κ1) is 10.2. The Morgan fingerprint density at radius 2 is 2.25 bits per heavy atom. The predicted molar refractivity (Wildman–Crippen MR) is 56.4 cm³/mol. The Morgan fingerprint density at radius 3 is 2.88 bits per heavy atom. The van der Waals surface area contributed by atoms with Gasteiger partial charge in [-0.15, -0.1) is 10.0 Å². The van der Waals surface area contributed by atoms with Crippen LogP contribution in [-0.4, -0.2) is 20.9 Å². The van der Waals surface area contributed by atoms with Gasteiger partial charge in [0.15, 0.2) is 0 Å². The molecule has 0 saturated carbocycles. The Bertz CT molecular complexity index is 547. The standard InChI is InChI=1S/C10H8N4O2/c1-7-6-14(13-11-7)10(15)8-3-2-4-9(5-8)12-16/h2-6H,1H3. The molecule has 2 rings (SSSR count). The van der Waals surface area contributed by atoms with E-state index in [2.05, 4.69) is 15.5 Å². The third kappa shape index (κ3) is 1.85. The van der Waals surface area contributed by atoms with E-state index in [1.54, 1.807) is 19.1 Å². The number of carbonyl (C=O) groups is 1. The largest absolute Gasteiger partial charge is 0.279 e. The van der Waals surface area contributed by atoms with Crippen LogP contribution in [0.25, 0.3) is 0 Å². The average molecular weight is 216 g/mol. The Labute approximate surface area is 90.9 Å². The molecule has 0 atom stereocenters. The molecule has 0 unspecified atom stereocenters. The van der Waals surface area contributed by atoms with Gasteiger partial charge in [0.25, 0.3) is 5.91 Å². The summed E-state index contributed by atoms with van der Waals surface area (Å²) in [6.07, 6.45) is 1.52. The van der Waals surface area contributed by atoms with Gasteiger partial charge in [0, 0.05) is 5.56 Å². The fraction of sp³-hybridized carbons (Fsp3) is 0.100. The molecule has 0 N–H and O–H groups in total. The molecule has 1 aromatic carbocycles. The van der Waals surface area contributed by atoms with E-state index >= 15 is 0 Å². The van der Waals surface area contributed by atoms with Crippen molar-refractivity contribution in [2.45, 2.75) is 6.92 Å². The minimum Gasteiger partial charge on any atom is -0.267 e. The van der Waals surface area contributed by atoms with Crippen LogP contribution in [0.5, 0.6) is 0 Å². The highest BCUT2D eigenvalue weighted by Gasteiger charge is 2.10. The van der Waals surface area contributed by atoms with Crippen LogP contribution in [0, 0.1) is 11.8 Å². The number of aromatic nitrogens is 3. The average Bonchev–Trinajstić information content (AvgIpc) is 2.75. The van der Waals surface area contributed by atoms with Crippen LogP contribution in [0.15, 0.2) is 35.6 Å². The number of nitroso groups, excluding NO2 is 1. The zero-order chi connectivity index (χ0) is 11.5. The highest BCUT2D eigenvalue weighted by Crippen LogP contribution is 2.14. The van der Waals surface area contributed by atoms with Gasteiger partial charge in [0.2, 0.25) is 0 Å². The van der Waals surface area contributed by atoms with Gasteiger partial charge in [0.1, 0.15) is 5.69 Å². The first-order chi connectivity index (χ1) is 7.70. The number of nitrogens with zero attached hydrogens (tertiary/aromatic N) is 4. The van der Waals surface area contributed by atoms with Crippen LogP contribution >= 0.6 is 0 Å². The van der Waals surface area contributed by atoms with Crippen molar-refractivity contribution in [3.8, 4) is 0 Å². The summed E-state index contributed by atoms with van der Waals surface area (Å²) < 4.78 is 1.12. The molecule has 1 aromatic heterocycles. The first-order valence-corrected chi connectivity index (χ1v) is 4.58. The molecule has 6 heteroatoms. The first-order valence-electron chi connectivity index (χ1n) is 4.58. The molecular formula is C10H8N4O2. The van der Waals surface area contributed by atoms with Crippen molar-refractivity contribution in [1.82, 2.24) is 15.0 Å². The van der Waals surface area contributed by atoms with Crippen molar-refractivity contribution in [1.29, 1.82) is 0 Å². The van der Waals surface area contributed by atoms with Crippen LogP contribution in [0.4, 0.5) is 5.69 Å². The number of carbonyl (C=O) groups excluding carboxylic acids is 1. The molecule has 0 aliphatic carbocycles. The molecule has 0 saturated heterocycles. The molecule has 0 spiro atoms. The molecule has 0 radical (unpaired) electrons. The zero-order valence-corrected chi connectivity index (χ0v) is 8.49. The molecule has 16 heavy (non-hydrogen) atoms. The van der Waals surface area contributed by atoms with E-state index in [-0.39, 0.29) is 11.6 Å². The van der Waals surface area contributed by atoms with Crippen LogP contribution in [0.3, 0.4) is 0 Å². The SMILES string of the molecule is Cc1cn(C(=O)c2cccc(N=O)c2)nn1. The summed E-state index contributed by atoms with van der Waals surface area (Å²) in [4.78, 5) is 22.2. The van der Waals surface area contributed by atoms with Gasteiger partial charge in [-0.2, -0.15) is 4.68 Å². The van der Waals surface area contributed by atoms with Crippen molar-refractivity contribution in [2.75, 3.05) is 0 Å². The van der Waals surface area contributed by atoms with Gasteiger partial charge in [-0.05, 0) is 30.3 Å². The molecule has 0 aliphatic heterocycles. The highest BCUT2D eigenvalue weighted by atomic mass is 16.3. The minimum absolute atomic E-state index is 0.211. The minimum atomic E-state index is -0.342. The van der Waals surface area contributed by atoms with Crippen molar-refractivity contribution >= 4 is 11.6 Å². The smallest absolute Gasteiger partial charge is 0.267 e. The fourth-order valence-electron chi connectivity index (χ4n) is 1.27. The molecule has 1 heterocycles. The Morgan fingerprint density at radius 1 is 1.44 bits per heavy atom. The zero-order valence-electron chi connectivity index (χ0n) is 8.49. The van der Waals surface area contributed by atoms with E-state index in [0.29, 0.717) is 11.3 Å². The maximum absolute atomic E-state index is 11.8. The second-order valence-electron chi connectivity index (χ2n) is 3.25. The number of benzene rings is 1. The van der Waals surface area contributed by atoms with E-state index in [4.69, 9.17) is 0 Å². The van der Waals surface area contributed by atoms with Crippen LogP contribution in [-0.2, 0) is 0 Å². The van der Waals surface area contributed by atoms with Gasteiger partial charge in [-0.1, -0.05) is 11.3 Å². The summed E-state index contributed by atoms with van der Waals surface area (Å²) in [5.74, 6) is -0.342. The van der Waals surface area contributed by atoms with Gasteiger partial charge >= 0.3 is 0 Å². The summed E-state index contributed by atoms with van der Waals surface area (Å²) in [7, 11) is 0. The van der Waals surface area contributed by atoms with Crippen molar-refractivity contribution in [2.24, 2.45) is 5.18 Å². The maximum atomic E-state index is 11.8. The van der Waals surface area contributed by atoms with E-state index in [1.807, 2.05) is 0 Å². The van der Waals surface area contributed by atoms with Gasteiger partial charge in [-0.3, -0.25) is 4.79 Å². The van der Waals surface area contributed by atoms with Crippen LogP contribution in [0.2, 0.25) is 0 Å². The van der Waals surface area contributed by atoms with Gasteiger partial charge < -0.3 is 0 Å². The molecule has 0 fully saturated rings. The van der Waals surface area contributed by atoms with E-state index in [1.165, 1.54) is 18.3 Å². The van der Waals surface area contributed by atoms with Crippen molar-refractivity contribution < 1.29 is 4.79 Å². The van der Waals surface area contributed by atoms with E-state index in [0.717, 1.165) is 4.68 Å². The lowest BCUT2D eigenvalue weighted by molar-refractivity contribution is 0.0943. The summed E-state index contributed by atoms with van der Waals surface area (Å²) in [5, 5.41) is 10.1. The summed E-state index contributed by atoms with van der Waals surface area (Å²) in [5.41, 5.74) is 1.21. The number of hydrogen-bond acceptors (Lipinski definition) is 5. The molecule has 80 valence electrons. The fourth-order valence-corrected chi connectivity index (χ4v) is 1.27. The van der Waals surface area contributed by atoms with Crippen LogP contribution in [0.1, 0.15) is 16.1 Å². The lowest BCUT2D eigenvalue weighted by atomic mass is 10.2. The highest BCUT2D eigenvalue weighted by molar-refractivity contribution is 5.95. The molecule has 0 aliphatic rings. The molecule has 0 amide bonds. The van der Waals surface area contributed by atoms with Crippen molar-refractivity contribution in [3.63, 3.8) is 0 Å². The maximum Gasteiger partial charge on any atom is 0.279 e. The Balaban J connectivity index is 2.37. The molecular weight excluding hydrogens is 208 g/mol. The van der Waals surface area contributed by atoms with E-state index < -0.39 is 0 Å². The lowest BCUT2D eigenvalue weighted by Gasteiger charge is -1.99. The third-order valence-electron chi connectivity index (χ3n) is 2.01. The van der Waals surface area contributed by atoms with Crippen LogP contribution < -0.4 is 0 Å². The number of hydrogen-bond donors (Lipinski definition) is 0. The monoisotopic (exact) mass is 216 g/mol. The molecule has 0 bridgehead atoms. The van der Waals surface area contributed by atoms with E-state index in [9.17, 15) is 9.70 Å². The van der Waals surface area contributed by atoms with Gasteiger partial charge in [-0.25, -0.2) is 0 Å². The number of rotatable bonds is 2. The normalized spacial score (nSPS) is 10.1. The van der Waals surface area contributed by atoms with Crippen molar-refractivity contribution in [3.05, 3.63) is 46.6 Å². The number of aryl methyl sites for hydroxylation is 1. The third-order valence-corrected chi connectivity index (χ3v) is 2.01. The lowest BCUT2D eigenvalue weighted by Crippen LogP contribution is -2.12. The summed E-state index contributed by atoms with van der Waals surface area (Å²) in [6, 6.07) is 6.12.